The number of rotatable bonds is 5. The van der Waals surface area contributed by atoms with Gasteiger partial charge in [-0.2, -0.15) is 4.31 Å². The van der Waals surface area contributed by atoms with Crippen LogP contribution in [0.1, 0.15) is 30.6 Å². The summed E-state index contributed by atoms with van der Waals surface area (Å²) in [7, 11) is -3.62. The number of furan rings is 1. The first kappa shape index (κ1) is 22.3. The summed E-state index contributed by atoms with van der Waals surface area (Å²) >= 11 is 0. The molecule has 0 radical (unpaired) electrons. The number of aromatic nitrogens is 2. The van der Waals surface area contributed by atoms with Gasteiger partial charge in [0.1, 0.15) is 5.58 Å². The Morgan fingerprint density at radius 3 is 2.41 bits per heavy atom. The molecule has 5 rings (SSSR count). The first-order valence-corrected chi connectivity index (χ1v) is 12.5. The van der Waals surface area contributed by atoms with Gasteiger partial charge in [-0.05, 0) is 54.7 Å². The second-order valence-corrected chi connectivity index (χ2v) is 10.7. The average Bonchev–Trinajstić information content (AvgIpc) is 3.45. The van der Waals surface area contributed by atoms with E-state index in [1.165, 1.54) is 28.6 Å². The first-order chi connectivity index (χ1) is 16.3. The fourth-order valence-corrected chi connectivity index (χ4v) is 6.04. The highest BCUT2D eigenvalue weighted by Crippen LogP contribution is 2.28. The fraction of sp³-hybridized carbons (Fsp3) is 0.292. The number of nitrogens with zero attached hydrogens (tertiary/aromatic N) is 3. The van der Waals surface area contributed by atoms with Crippen molar-refractivity contribution in [2.45, 2.75) is 25.2 Å². The maximum absolute atomic E-state index is 13.0. The zero-order chi connectivity index (χ0) is 23.9. The number of carbonyl (C=O) groups is 1. The molecule has 4 aromatic rings. The molecule has 0 saturated carbocycles. The molecule has 1 amide bonds. The molecule has 1 aliphatic heterocycles. The molecular formula is C24H24N4O5S. The Morgan fingerprint density at radius 2 is 1.71 bits per heavy atom. The summed E-state index contributed by atoms with van der Waals surface area (Å²) in [5.74, 6) is 0.650. The molecule has 2 atom stereocenters. The highest BCUT2D eigenvalue weighted by molar-refractivity contribution is 7.89. The number of para-hydroxylation sites is 1. The number of hydrogen-bond acceptors (Lipinski definition) is 7. The van der Waals surface area contributed by atoms with E-state index in [-0.39, 0.29) is 22.4 Å². The number of hydrogen-bond donors (Lipinski definition) is 1. The lowest BCUT2D eigenvalue weighted by Crippen LogP contribution is -2.42. The molecule has 3 heterocycles. The van der Waals surface area contributed by atoms with Crippen molar-refractivity contribution < 1.29 is 22.0 Å². The summed E-state index contributed by atoms with van der Waals surface area (Å²) in [6.45, 7) is 5.12. The summed E-state index contributed by atoms with van der Waals surface area (Å²) in [5, 5.41) is 11.2. The first-order valence-electron chi connectivity index (χ1n) is 11.0. The van der Waals surface area contributed by atoms with E-state index in [1.54, 1.807) is 6.07 Å². The van der Waals surface area contributed by atoms with E-state index in [2.05, 4.69) is 29.4 Å². The van der Waals surface area contributed by atoms with Crippen molar-refractivity contribution in [1.29, 1.82) is 0 Å². The summed E-state index contributed by atoms with van der Waals surface area (Å²) in [6, 6.07) is 15.0. The normalized spacial score (nSPS) is 19.4. The van der Waals surface area contributed by atoms with Crippen molar-refractivity contribution in [3.63, 3.8) is 0 Å². The van der Waals surface area contributed by atoms with E-state index in [0.717, 1.165) is 11.8 Å². The monoisotopic (exact) mass is 480 g/mol. The maximum atomic E-state index is 13.0. The lowest BCUT2D eigenvalue weighted by atomic mass is 9.94. The molecule has 0 aliphatic carbocycles. The molecule has 176 valence electrons. The van der Waals surface area contributed by atoms with Crippen molar-refractivity contribution >= 4 is 32.9 Å². The molecule has 9 nitrogen and oxygen atoms in total. The number of benzene rings is 2. The largest absolute Gasteiger partial charge is 0.451 e. The van der Waals surface area contributed by atoms with Gasteiger partial charge in [-0.25, -0.2) is 8.42 Å². The van der Waals surface area contributed by atoms with Gasteiger partial charge in [0.25, 0.3) is 11.8 Å². The van der Waals surface area contributed by atoms with Crippen LogP contribution in [0, 0.1) is 11.8 Å². The molecule has 0 bridgehead atoms. The zero-order valence-corrected chi connectivity index (χ0v) is 19.6. The smallest absolute Gasteiger partial charge is 0.322 e. The minimum atomic E-state index is -3.62. The Balaban J connectivity index is 1.28. The highest BCUT2D eigenvalue weighted by atomic mass is 32.2. The summed E-state index contributed by atoms with van der Waals surface area (Å²) < 4.78 is 38.8. The number of amides is 1. The van der Waals surface area contributed by atoms with Crippen LogP contribution in [0.5, 0.6) is 0 Å². The number of piperidine rings is 1. The second-order valence-electron chi connectivity index (χ2n) is 8.81. The van der Waals surface area contributed by atoms with Gasteiger partial charge in [0.2, 0.25) is 10.0 Å². The van der Waals surface area contributed by atoms with Gasteiger partial charge in [0, 0.05) is 24.0 Å². The SMILES string of the molecule is CC1CC(C)CN(S(=O)(=O)c2ccc(C(=O)Nc3nnc(-c4cc5ccccc5o4)o3)cc2)C1. The summed E-state index contributed by atoms with van der Waals surface area (Å²) in [5.41, 5.74) is 0.951. The molecule has 1 saturated heterocycles. The lowest BCUT2D eigenvalue weighted by molar-refractivity contribution is 0.102. The number of sulfonamides is 1. The fourth-order valence-electron chi connectivity index (χ4n) is 4.36. The second kappa shape index (κ2) is 8.69. The Hall–Kier alpha value is -3.50. The summed E-state index contributed by atoms with van der Waals surface area (Å²) in [4.78, 5) is 12.8. The minimum Gasteiger partial charge on any atom is -0.451 e. The van der Waals surface area contributed by atoms with Gasteiger partial charge in [-0.3, -0.25) is 10.1 Å². The molecular weight excluding hydrogens is 456 g/mol. The van der Waals surface area contributed by atoms with Crippen LogP contribution >= 0.6 is 0 Å². The van der Waals surface area contributed by atoms with Crippen LogP contribution in [0.4, 0.5) is 6.01 Å². The van der Waals surface area contributed by atoms with Gasteiger partial charge in [0.05, 0.1) is 4.90 Å². The van der Waals surface area contributed by atoms with Crippen molar-refractivity contribution in [2.75, 3.05) is 18.4 Å². The van der Waals surface area contributed by atoms with Gasteiger partial charge in [0.15, 0.2) is 5.76 Å². The maximum Gasteiger partial charge on any atom is 0.322 e. The van der Waals surface area contributed by atoms with Gasteiger partial charge in [-0.1, -0.05) is 37.1 Å². The summed E-state index contributed by atoms with van der Waals surface area (Å²) in [6.07, 6.45) is 1.01. The van der Waals surface area contributed by atoms with E-state index in [0.29, 0.717) is 36.3 Å². The van der Waals surface area contributed by atoms with E-state index >= 15 is 0 Å². The third-order valence-corrected chi connectivity index (χ3v) is 7.72. The zero-order valence-electron chi connectivity index (χ0n) is 18.8. The average molecular weight is 481 g/mol. The number of anilines is 1. The molecule has 2 aromatic heterocycles. The van der Waals surface area contributed by atoms with Gasteiger partial charge < -0.3 is 8.83 Å². The molecule has 1 aliphatic rings. The van der Waals surface area contributed by atoms with E-state index < -0.39 is 15.9 Å². The van der Waals surface area contributed by atoms with Crippen LogP contribution in [0.2, 0.25) is 0 Å². The van der Waals surface area contributed by atoms with Crippen LogP contribution in [-0.4, -0.2) is 41.9 Å². The molecule has 10 heteroatoms. The Kier molecular flexibility index (Phi) is 5.70. The quantitative estimate of drug-likeness (QED) is 0.450. The van der Waals surface area contributed by atoms with Crippen LogP contribution < -0.4 is 5.32 Å². The molecule has 34 heavy (non-hydrogen) atoms. The van der Waals surface area contributed by atoms with Crippen molar-refractivity contribution in [2.24, 2.45) is 11.8 Å². The molecule has 0 spiro atoms. The Bertz CT molecular complexity index is 1400. The number of nitrogens with one attached hydrogen (secondary N) is 1. The van der Waals surface area contributed by atoms with Crippen LogP contribution in [0.15, 0.2) is 68.3 Å². The topological polar surface area (TPSA) is 119 Å². The van der Waals surface area contributed by atoms with Crippen molar-refractivity contribution in [3.8, 4) is 11.7 Å². The van der Waals surface area contributed by atoms with E-state index in [4.69, 9.17) is 8.83 Å². The molecule has 2 unspecified atom stereocenters. The van der Waals surface area contributed by atoms with E-state index in [9.17, 15) is 13.2 Å². The number of fused-ring (bicyclic) bond motifs is 1. The number of carbonyl (C=O) groups excluding carboxylic acids is 1. The van der Waals surface area contributed by atoms with Gasteiger partial charge >= 0.3 is 6.01 Å². The Morgan fingerprint density at radius 1 is 1.00 bits per heavy atom. The third kappa shape index (κ3) is 4.34. The minimum absolute atomic E-state index is 0.0894. The third-order valence-electron chi connectivity index (χ3n) is 5.87. The van der Waals surface area contributed by atoms with Crippen molar-refractivity contribution in [3.05, 3.63) is 60.2 Å². The lowest BCUT2D eigenvalue weighted by Gasteiger charge is -2.34. The van der Waals surface area contributed by atoms with Crippen LogP contribution in [0.25, 0.3) is 22.6 Å². The Labute approximate surface area is 196 Å². The van der Waals surface area contributed by atoms with Gasteiger partial charge in [-0.15, -0.1) is 5.10 Å². The van der Waals surface area contributed by atoms with Crippen LogP contribution in [0.3, 0.4) is 0 Å². The van der Waals surface area contributed by atoms with Crippen molar-refractivity contribution in [1.82, 2.24) is 14.5 Å². The highest BCUT2D eigenvalue weighted by Gasteiger charge is 2.31. The molecule has 1 N–H and O–H groups in total. The standard InChI is InChI=1S/C24H24N4O5S/c1-15-11-16(2)14-28(13-15)34(30,31)19-9-7-17(8-10-19)22(29)25-24-27-26-23(33-24)21-12-18-5-3-4-6-20(18)32-21/h3-10,12,15-16H,11,13-14H2,1-2H3,(H,25,27,29). The predicted molar refractivity (Wildman–Crippen MR) is 126 cm³/mol. The molecule has 2 aromatic carbocycles. The van der Waals surface area contributed by atoms with E-state index in [1.807, 2.05) is 24.3 Å². The predicted octanol–water partition coefficient (Wildman–Crippen LogP) is 4.40. The van der Waals surface area contributed by atoms with Crippen LogP contribution in [-0.2, 0) is 10.0 Å². The molecule has 1 fully saturated rings.